The molecule has 0 bridgehead atoms. The number of hydrogen-bond acceptors (Lipinski definition) is 3. The number of rotatable bonds is 5. The van der Waals surface area contributed by atoms with Gasteiger partial charge in [0.05, 0.1) is 11.9 Å². The van der Waals surface area contributed by atoms with Crippen molar-refractivity contribution in [3.8, 4) is 0 Å². The predicted molar refractivity (Wildman–Crippen MR) is 66.6 cm³/mol. The Balaban J connectivity index is 0.00000225. The average Bonchev–Trinajstić information content (AvgIpc) is 2.51. The molecule has 0 aliphatic carbocycles. The first-order valence-corrected chi connectivity index (χ1v) is 5.14. The van der Waals surface area contributed by atoms with Gasteiger partial charge in [0.1, 0.15) is 0 Å². The van der Waals surface area contributed by atoms with E-state index in [1.807, 2.05) is 10.9 Å². The van der Waals surface area contributed by atoms with Crippen molar-refractivity contribution in [2.75, 3.05) is 11.9 Å². The third-order valence-electron chi connectivity index (χ3n) is 1.84. The molecule has 1 aromatic rings. The molecular formula is C10H19ClN4O. The second-order valence-corrected chi connectivity index (χ2v) is 3.93. The Morgan fingerprint density at radius 1 is 1.62 bits per heavy atom. The van der Waals surface area contributed by atoms with Gasteiger partial charge in [-0.2, -0.15) is 5.10 Å². The van der Waals surface area contributed by atoms with Gasteiger partial charge in [-0.15, -0.1) is 12.4 Å². The molecule has 92 valence electrons. The summed E-state index contributed by atoms with van der Waals surface area (Å²) in [5.74, 6) is 0.471. The van der Waals surface area contributed by atoms with Gasteiger partial charge < -0.3 is 11.1 Å². The monoisotopic (exact) mass is 246 g/mol. The van der Waals surface area contributed by atoms with Crippen LogP contribution in [0, 0.1) is 5.92 Å². The van der Waals surface area contributed by atoms with E-state index >= 15 is 0 Å². The lowest BCUT2D eigenvalue weighted by molar-refractivity contribution is -0.116. The van der Waals surface area contributed by atoms with Gasteiger partial charge in [-0.25, -0.2) is 0 Å². The lowest BCUT2D eigenvalue weighted by Gasteiger charge is -2.03. The van der Waals surface area contributed by atoms with E-state index in [1.54, 1.807) is 6.20 Å². The van der Waals surface area contributed by atoms with Crippen LogP contribution in [0.3, 0.4) is 0 Å². The molecule has 1 aromatic heterocycles. The lowest BCUT2D eigenvalue weighted by atomic mass is 10.2. The Labute approximate surface area is 102 Å². The third-order valence-corrected chi connectivity index (χ3v) is 1.84. The van der Waals surface area contributed by atoms with Crippen LogP contribution in [0.5, 0.6) is 0 Å². The second kappa shape index (κ2) is 7.24. The average molecular weight is 247 g/mol. The fourth-order valence-corrected chi connectivity index (χ4v) is 1.26. The highest BCUT2D eigenvalue weighted by molar-refractivity contribution is 5.90. The molecule has 0 aliphatic rings. The number of amides is 1. The molecule has 0 atom stereocenters. The second-order valence-electron chi connectivity index (χ2n) is 3.93. The standard InChI is InChI=1S/C10H18N4O.ClH/c1-8(2)6-14-7-9(5-12-14)13-10(15)3-4-11;/h5,7-8H,3-4,6,11H2,1-2H3,(H,13,15);1H. The maximum absolute atomic E-state index is 11.2. The number of hydrogen-bond donors (Lipinski definition) is 2. The van der Waals surface area contributed by atoms with E-state index in [0.717, 1.165) is 12.2 Å². The quantitative estimate of drug-likeness (QED) is 0.821. The number of carbonyl (C=O) groups is 1. The molecule has 1 amide bonds. The number of anilines is 1. The van der Waals surface area contributed by atoms with Gasteiger partial charge in [-0.3, -0.25) is 9.48 Å². The molecule has 1 heterocycles. The van der Waals surface area contributed by atoms with Crippen molar-refractivity contribution < 1.29 is 4.79 Å². The van der Waals surface area contributed by atoms with E-state index in [-0.39, 0.29) is 18.3 Å². The number of nitrogens with one attached hydrogen (secondary N) is 1. The molecule has 0 spiro atoms. The van der Waals surface area contributed by atoms with E-state index in [4.69, 9.17) is 5.73 Å². The Kier molecular flexibility index (Phi) is 6.76. The first-order valence-electron chi connectivity index (χ1n) is 5.14. The van der Waals surface area contributed by atoms with Gasteiger partial charge in [-0.1, -0.05) is 13.8 Å². The van der Waals surface area contributed by atoms with Gasteiger partial charge in [0.15, 0.2) is 0 Å². The van der Waals surface area contributed by atoms with Crippen molar-refractivity contribution in [2.24, 2.45) is 11.7 Å². The van der Waals surface area contributed by atoms with Gasteiger partial charge in [-0.05, 0) is 5.92 Å². The molecular weight excluding hydrogens is 228 g/mol. The number of nitrogens with zero attached hydrogens (tertiary/aromatic N) is 2. The molecule has 0 unspecified atom stereocenters. The van der Waals surface area contributed by atoms with Gasteiger partial charge >= 0.3 is 0 Å². The highest BCUT2D eigenvalue weighted by Crippen LogP contribution is 2.07. The zero-order chi connectivity index (χ0) is 11.3. The van der Waals surface area contributed by atoms with E-state index in [0.29, 0.717) is 18.9 Å². The molecule has 0 aliphatic heterocycles. The molecule has 0 radical (unpaired) electrons. The van der Waals surface area contributed by atoms with Gasteiger partial charge in [0, 0.05) is 25.7 Å². The Morgan fingerprint density at radius 2 is 2.31 bits per heavy atom. The van der Waals surface area contributed by atoms with Crippen LogP contribution >= 0.6 is 12.4 Å². The molecule has 3 N–H and O–H groups in total. The summed E-state index contributed by atoms with van der Waals surface area (Å²) >= 11 is 0. The van der Waals surface area contributed by atoms with Crippen LogP contribution in [0.15, 0.2) is 12.4 Å². The number of carbonyl (C=O) groups excluding carboxylic acids is 1. The van der Waals surface area contributed by atoms with Crippen LogP contribution in [0.1, 0.15) is 20.3 Å². The fourth-order valence-electron chi connectivity index (χ4n) is 1.26. The summed E-state index contributed by atoms with van der Waals surface area (Å²) in [5, 5.41) is 6.87. The number of aromatic nitrogens is 2. The van der Waals surface area contributed by atoms with Crippen LogP contribution < -0.4 is 11.1 Å². The maximum atomic E-state index is 11.2. The van der Waals surface area contributed by atoms with Crippen molar-refractivity contribution in [1.82, 2.24) is 9.78 Å². The Hall–Kier alpha value is -1.07. The first kappa shape index (κ1) is 14.9. The third kappa shape index (κ3) is 5.14. The highest BCUT2D eigenvalue weighted by atomic mass is 35.5. The first-order chi connectivity index (χ1) is 7.11. The van der Waals surface area contributed by atoms with E-state index < -0.39 is 0 Å². The van der Waals surface area contributed by atoms with Crippen LogP contribution in [0.2, 0.25) is 0 Å². The van der Waals surface area contributed by atoms with E-state index in [2.05, 4.69) is 24.3 Å². The summed E-state index contributed by atoms with van der Waals surface area (Å²) in [6.07, 6.45) is 3.82. The van der Waals surface area contributed by atoms with E-state index in [9.17, 15) is 4.79 Å². The van der Waals surface area contributed by atoms with Crippen LogP contribution in [-0.4, -0.2) is 22.2 Å². The summed E-state index contributed by atoms with van der Waals surface area (Å²) in [6, 6.07) is 0. The molecule has 0 fully saturated rings. The van der Waals surface area contributed by atoms with Crippen molar-refractivity contribution >= 4 is 24.0 Å². The minimum absolute atomic E-state index is 0. The molecule has 16 heavy (non-hydrogen) atoms. The number of nitrogens with two attached hydrogens (primary N) is 1. The maximum Gasteiger partial charge on any atom is 0.225 e. The molecule has 0 aromatic carbocycles. The van der Waals surface area contributed by atoms with Gasteiger partial charge in [0.25, 0.3) is 0 Å². The summed E-state index contributed by atoms with van der Waals surface area (Å²) < 4.78 is 1.82. The minimum Gasteiger partial charge on any atom is -0.330 e. The zero-order valence-corrected chi connectivity index (χ0v) is 10.5. The highest BCUT2D eigenvalue weighted by Gasteiger charge is 2.04. The fraction of sp³-hybridized carbons (Fsp3) is 0.600. The summed E-state index contributed by atoms with van der Waals surface area (Å²) in [7, 11) is 0. The summed E-state index contributed by atoms with van der Waals surface area (Å²) in [4.78, 5) is 11.2. The molecule has 1 rings (SSSR count). The largest absolute Gasteiger partial charge is 0.330 e. The van der Waals surface area contributed by atoms with Crippen LogP contribution in [0.25, 0.3) is 0 Å². The Bertz CT molecular complexity index is 324. The van der Waals surface area contributed by atoms with E-state index in [1.165, 1.54) is 0 Å². The number of halogens is 1. The van der Waals surface area contributed by atoms with Crippen molar-refractivity contribution in [3.05, 3.63) is 12.4 Å². The minimum atomic E-state index is -0.0680. The molecule has 5 nitrogen and oxygen atoms in total. The van der Waals surface area contributed by atoms with Crippen molar-refractivity contribution in [3.63, 3.8) is 0 Å². The van der Waals surface area contributed by atoms with Crippen molar-refractivity contribution in [2.45, 2.75) is 26.8 Å². The zero-order valence-electron chi connectivity index (χ0n) is 9.64. The summed E-state index contributed by atoms with van der Waals surface area (Å²) in [5.41, 5.74) is 6.00. The van der Waals surface area contributed by atoms with Gasteiger partial charge in [0.2, 0.25) is 5.91 Å². The van der Waals surface area contributed by atoms with Crippen LogP contribution in [-0.2, 0) is 11.3 Å². The molecule has 0 saturated carbocycles. The predicted octanol–water partition coefficient (Wildman–Crippen LogP) is 1.25. The Morgan fingerprint density at radius 3 is 2.88 bits per heavy atom. The van der Waals surface area contributed by atoms with Crippen LogP contribution in [0.4, 0.5) is 5.69 Å². The lowest BCUT2D eigenvalue weighted by Crippen LogP contribution is -2.15. The normalized spacial score (nSPS) is 10.0. The molecule has 0 saturated heterocycles. The topological polar surface area (TPSA) is 72.9 Å². The SMILES string of the molecule is CC(C)Cn1cc(NC(=O)CCN)cn1.Cl. The molecule has 6 heteroatoms. The summed E-state index contributed by atoms with van der Waals surface area (Å²) in [6.45, 7) is 5.46. The smallest absolute Gasteiger partial charge is 0.225 e. The van der Waals surface area contributed by atoms with Crippen molar-refractivity contribution in [1.29, 1.82) is 0 Å².